The van der Waals surface area contributed by atoms with E-state index in [0.29, 0.717) is 41.0 Å². The second-order valence-corrected chi connectivity index (χ2v) is 9.74. The zero-order valence-corrected chi connectivity index (χ0v) is 20.9. The van der Waals surface area contributed by atoms with Crippen LogP contribution in [0.25, 0.3) is 5.76 Å². The predicted molar refractivity (Wildman–Crippen MR) is 140 cm³/mol. The van der Waals surface area contributed by atoms with Crippen LogP contribution >= 0.6 is 0 Å². The minimum Gasteiger partial charge on any atom is -0.508 e. The first kappa shape index (κ1) is 25.0. The number of hydrogen-bond acceptors (Lipinski definition) is 5. The molecule has 1 atom stereocenters. The zero-order valence-electron chi connectivity index (χ0n) is 20.9. The first-order valence-electron chi connectivity index (χ1n) is 12.1. The van der Waals surface area contributed by atoms with E-state index in [2.05, 4.69) is 13.8 Å². The Labute approximate surface area is 211 Å². The molecule has 4 rings (SSSR count). The minimum atomic E-state index is -0.915. The van der Waals surface area contributed by atoms with Gasteiger partial charge in [0.25, 0.3) is 11.7 Å². The minimum absolute atomic E-state index is 0.00248. The number of ether oxygens (including phenoxy) is 1. The number of hydrogen-bond donors (Lipinski definition) is 2. The molecule has 0 spiro atoms. The van der Waals surface area contributed by atoms with Crippen molar-refractivity contribution in [3.05, 3.63) is 95.1 Å². The number of amides is 1. The van der Waals surface area contributed by atoms with Crippen molar-refractivity contribution in [1.29, 1.82) is 0 Å². The summed E-state index contributed by atoms with van der Waals surface area (Å²) < 4.78 is 5.79. The molecule has 1 heterocycles. The van der Waals surface area contributed by atoms with Gasteiger partial charge in [0.15, 0.2) is 0 Å². The predicted octanol–water partition coefficient (Wildman–Crippen LogP) is 6.18. The summed E-state index contributed by atoms with van der Waals surface area (Å²) in [4.78, 5) is 28.1. The van der Waals surface area contributed by atoms with E-state index in [0.717, 1.165) is 5.56 Å². The van der Waals surface area contributed by atoms with E-state index in [1.54, 1.807) is 48.5 Å². The molecule has 1 unspecified atom stereocenters. The number of benzene rings is 3. The molecule has 0 radical (unpaired) electrons. The number of carbonyl (C=O) groups is 2. The van der Waals surface area contributed by atoms with E-state index in [-0.39, 0.29) is 17.1 Å². The molecule has 1 aliphatic heterocycles. The number of Topliss-reactive ketones (excluding diaryl/α,β-unsaturated/α-hetero) is 1. The summed E-state index contributed by atoms with van der Waals surface area (Å²) in [6.45, 7) is 8.73. The van der Waals surface area contributed by atoms with E-state index in [1.807, 2.05) is 26.0 Å². The van der Waals surface area contributed by atoms with Crippen molar-refractivity contribution in [3.8, 4) is 11.5 Å². The van der Waals surface area contributed by atoms with Crippen molar-refractivity contribution in [2.45, 2.75) is 39.7 Å². The quantitative estimate of drug-likeness (QED) is 0.237. The Morgan fingerprint density at radius 1 is 0.944 bits per heavy atom. The SMILES string of the molecule is CC(C)COc1cccc(/C(O)=C2/C(=O)C(=O)N(c3ccc(C(C)C)cc3)C2c2cccc(O)c2)c1. The van der Waals surface area contributed by atoms with Crippen molar-refractivity contribution >= 4 is 23.1 Å². The first-order chi connectivity index (χ1) is 17.2. The van der Waals surface area contributed by atoms with Crippen LogP contribution in [-0.2, 0) is 9.59 Å². The smallest absolute Gasteiger partial charge is 0.300 e. The van der Waals surface area contributed by atoms with Gasteiger partial charge in [-0.15, -0.1) is 0 Å². The average Bonchev–Trinajstić information content (AvgIpc) is 3.13. The van der Waals surface area contributed by atoms with E-state index < -0.39 is 17.7 Å². The highest BCUT2D eigenvalue weighted by Gasteiger charge is 2.47. The maximum absolute atomic E-state index is 13.3. The second-order valence-electron chi connectivity index (χ2n) is 9.74. The lowest BCUT2D eigenvalue weighted by Crippen LogP contribution is -2.29. The van der Waals surface area contributed by atoms with E-state index in [4.69, 9.17) is 4.74 Å². The van der Waals surface area contributed by atoms with Gasteiger partial charge in [0.2, 0.25) is 0 Å². The van der Waals surface area contributed by atoms with Gasteiger partial charge in [-0.1, -0.05) is 64.1 Å². The molecular weight excluding hydrogens is 454 g/mol. The van der Waals surface area contributed by atoms with Crippen LogP contribution in [0, 0.1) is 5.92 Å². The van der Waals surface area contributed by atoms with Gasteiger partial charge in [-0.3, -0.25) is 14.5 Å². The zero-order chi connectivity index (χ0) is 26.0. The number of carbonyl (C=O) groups excluding carboxylic acids is 2. The van der Waals surface area contributed by atoms with Gasteiger partial charge in [-0.2, -0.15) is 0 Å². The maximum Gasteiger partial charge on any atom is 0.300 e. The molecular formula is C30H31NO5. The second kappa shape index (κ2) is 10.3. The number of nitrogens with zero attached hydrogens (tertiary/aromatic N) is 1. The standard InChI is InChI=1S/C30H31NO5/c1-18(2)17-36-25-10-6-8-22(16-25)28(33)26-27(21-7-5-9-24(32)15-21)31(30(35)29(26)34)23-13-11-20(12-14-23)19(3)4/h5-16,18-19,27,32-33H,17H2,1-4H3/b28-26-. The molecule has 0 aromatic heterocycles. The highest BCUT2D eigenvalue weighted by Crippen LogP contribution is 2.43. The summed E-state index contributed by atoms with van der Waals surface area (Å²) in [5.41, 5.74) is 2.47. The van der Waals surface area contributed by atoms with Gasteiger partial charge < -0.3 is 14.9 Å². The first-order valence-corrected chi connectivity index (χ1v) is 12.1. The highest BCUT2D eigenvalue weighted by molar-refractivity contribution is 6.51. The molecule has 6 nitrogen and oxygen atoms in total. The van der Waals surface area contributed by atoms with Crippen molar-refractivity contribution in [3.63, 3.8) is 0 Å². The Morgan fingerprint density at radius 2 is 1.64 bits per heavy atom. The summed E-state index contributed by atoms with van der Waals surface area (Å²) in [6.07, 6.45) is 0. The van der Waals surface area contributed by atoms with Gasteiger partial charge in [-0.25, -0.2) is 0 Å². The number of rotatable bonds is 7. The van der Waals surface area contributed by atoms with Crippen LogP contribution in [0.5, 0.6) is 11.5 Å². The summed E-state index contributed by atoms with van der Waals surface area (Å²) in [6, 6.07) is 19.8. The molecule has 1 fully saturated rings. The molecule has 1 aliphatic rings. The summed E-state index contributed by atoms with van der Waals surface area (Å²) in [5, 5.41) is 21.5. The van der Waals surface area contributed by atoms with Crippen molar-refractivity contribution < 1.29 is 24.5 Å². The van der Waals surface area contributed by atoms with Gasteiger partial charge >= 0.3 is 0 Å². The van der Waals surface area contributed by atoms with Crippen LogP contribution in [0.15, 0.2) is 78.4 Å². The number of aliphatic hydroxyl groups is 1. The van der Waals surface area contributed by atoms with E-state index >= 15 is 0 Å². The Bertz CT molecular complexity index is 1310. The van der Waals surface area contributed by atoms with Gasteiger partial charge in [0, 0.05) is 11.3 Å². The molecule has 1 saturated heterocycles. The summed E-state index contributed by atoms with van der Waals surface area (Å²) >= 11 is 0. The number of ketones is 1. The van der Waals surface area contributed by atoms with Crippen molar-refractivity contribution in [1.82, 2.24) is 0 Å². The molecule has 3 aromatic carbocycles. The average molecular weight is 486 g/mol. The Balaban J connectivity index is 1.85. The Kier molecular flexibility index (Phi) is 7.15. The fourth-order valence-electron chi connectivity index (χ4n) is 4.28. The van der Waals surface area contributed by atoms with E-state index in [1.165, 1.54) is 17.0 Å². The topological polar surface area (TPSA) is 87.1 Å². The normalized spacial score (nSPS) is 17.3. The van der Waals surface area contributed by atoms with Crippen molar-refractivity contribution in [2.75, 3.05) is 11.5 Å². The van der Waals surface area contributed by atoms with Crippen LogP contribution in [0.1, 0.15) is 56.3 Å². The van der Waals surface area contributed by atoms with Crippen LogP contribution in [0.3, 0.4) is 0 Å². The summed E-state index contributed by atoms with van der Waals surface area (Å²) in [5.74, 6) is -0.644. The van der Waals surface area contributed by atoms with Crippen LogP contribution in [0.2, 0.25) is 0 Å². The lowest BCUT2D eigenvalue weighted by molar-refractivity contribution is -0.132. The van der Waals surface area contributed by atoms with Crippen LogP contribution in [-0.4, -0.2) is 28.5 Å². The van der Waals surface area contributed by atoms with Crippen LogP contribution < -0.4 is 9.64 Å². The molecule has 186 valence electrons. The van der Waals surface area contributed by atoms with Gasteiger partial charge in [0.1, 0.15) is 17.3 Å². The van der Waals surface area contributed by atoms with Crippen LogP contribution in [0.4, 0.5) is 5.69 Å². The third-order valence-electron chi connectivity index (χ3n) is 6.16. The molecule has 2 N–H and O–H groups in total. The maximum atomic E-state index is 13.3. The lowest BCUT2D eigenvalue weighted by Gasteiger charge is -2.26. The molecule has 1 amide bonds. The largest absolute Gasteiger partial charge is 0.508 e. The van der Waals surface area contributed by atoms with E-state index in [9.17, 15) is 19.8 Å². The molecule has 0 aliphatic carbocycles. The van der Waals surface area contributed by atoms with Gasteiger partial charge in [-0.05, 0) is 59.4 Å². The highest BCUT2D eigenvalue weighted by atomic mass is 16.5. The molecule has 0 bridgehead atoms. The number of anilines is 1. The monoisotopic (exact) mass is 485 g/mol. The molecule has 6 heteroatoms. The Morgan fingerprint density at radius 3 is 2.28 bits per heavy atom. The summed E-state index contributed by atoms with van der Waals surface area (Å²) in [7, 11) is 0. The molecule has 36 heavy (non-hydrogen) atoms. The third kappa shape index (κ3) is 4.98. The number of phenolic OH excluding ortho intramolecular Hbond substituents is 1. The fourth-order valence-corrected chi connectivity index (χ4v) is 4.28. The van der Waals surface area contributed by atoms with Crippen molar-refractivity contribution in [2.24, 2.45) is 5.92 Å². The lowest BCUT2D eigenvalue weighted by atomic mass is 9.94. The molecule has 3 aromatic rings. The number of aliphatic hydroxyl groups excluding tert-OH is 1. The molecule has 0 saturated carbocycles. The number of phenols is 1. The number of aromatic hydroxyl groups is 1. The van der Waals surface area contributed by atoms with Gasteiger partial charge in [0.05, 0.1) is 18.2 Å². The Hall–Kier alpha value is -4.06. The third-order valence-corrected chi connectivity index (χ3v) is 6.16. The fraction of sp³-hybridized carbons (Fsp3) is 0.267.